The van der Waals surface area contributed by atoms with Gasteiger partial charge >= 0.3 is 0 Å². The van der Waals surface area contributed by atoms with Crippen LogP contribution >= 0.6 is 11.6 Å². The van der Waals surface area contributed by atoms with E-state index in [0.717, 1.165) is 16.5 Å². The zero-order valence-corrected chi connectivity index (χ0v) is 19.9. The zero-order valence-electron chi connectivity index (χ0n) is 19.2. The number of alkyl halides is 1. The summed E-state index contributed by atoms with van der Waals surface area (Å²) < 4.78 is 0. The molecule has 178 valence electrons. The van der Waals surface area contributed by atoms with Crippen molar-refractivity contribution in [3.05, 3.63) is 29.8 Å². The summed E-state index contributed by atoms with van der Waals surface area (Å²) in [7, 11) is 0. The van der Waals surface area contributed by atoms with Gasteiger partial charge in [-0.15, -0.1) is 11.6 Å². The van der Waals surface area contributed by atoms with E-state index in [1.807, 2.05) is 45.0 Å². The minimum atomic E-state index is -1.000. The molecule has 2 aromatic rings. The molecule has 0 bridgehead atoms. The van der Waals surface area contributed by atoms with Crippen molar-refractivity contribution in [1.29, 1.82) is 0 Å². The maximum Gasteiger partial charge on any atom is 0.238 e. The van der Waals surface area contributed by atoms with Crippen molar-refractivity contribution in [1.82, 2.24) is 15.6 Å². The van der Waals surface area contributed by atoms with Crippen LogP contribution in [0.5, 0.6) is 0 Å². The Kier molecular flexibility index (Phi) is 8.13. The quantitative estimate of drug-likeness (QED) is 0.312. The molecule has 0 unspecified atom stereocenters. The summed E-state index contributed by atoms with van der Waals surface area (Å²) in [6, 6.07) is 6.74. The van der Waals surface area contributed by atoms with Crippen molar-refractivity contribution >= 4 is 51.8 Å². The van der Waals surface area contributed by atoms with Crippen molar-refractivity contribution in [2.75, 3.05) is 17.7 Å². The highest BCUT2D eigenvalue weighted by molar-refractivity contribution is 6.28. The van der Waals surface area contributed by atoms with Gasteiger partial charge < -0.3 is 20.9 Å². The molecule has 0 radical (unpaired) electrons. The number of hydrogen-bond donors (Lipinski definition) is 4. The molecule has 0 saturated carbocycles. The van der Waals surface area contributed by atoms with Gasteiger partial charge in [0.05, 0.1) is 11.9 Å². The van der Waals surface area contributed by atoms with Crippen LogP contribution in [0, 0.1) is 24.7 Å². The van der Waals surface area contributed by atoms with Gasteiger partial charge in [0.25, 0.3) is 0 Å². The van der Waals surface area contributed by atoms with Crippen LogP contribution in [-0.2, 0) is 19.2 Å². The number of carbonyl (C=O) groups is 4. The summed E-state index contributed by atoms with van der Waals surface area (Å²) >= 11 is 5.75. The Hall–Kier alpha value is -2.87. The Bertz CT molecular complexity index is 1050. The van der Waals surface area contributed by atoms with Crippen LogP contribution in [0.3, 0.4) is 0 Å². The number of aromatic nitrogens is 1. The highest BCUT2D eigenvalue weighted by atomic mass is 35.5. The van der Waals surface area contributed by atoms with Crippen molar-refractivity contribution in [3.63, 3.8) is 0 Å². The standard InChI is InChI=1S/C24H31ClN4O4/c1-13(2)9-17(24(33)29-21-11-16-14(3)5-4-6-18(16)27-21)23(32)28-19(20(30)12-25)10-15-7-8-26-22(15)31/h4-6,11,13,15,17,19,27H,7-10,12H2,1-3H3,(H,26,31)(H,28,32)(H,29,33)/t15-,17-,19-/m0/s1. The normalized spacial score (nSPS) is 17.6. The number of Topliss-reactive ketones (excluding diaryl/α,β-unsaturated/α-hetero) is 1. The fraction of sp³-hybridized carbons (Fsp3) is 0.500. The molecule has 3 amide bonds. The number of hydrogen-bond acceptors (Lipinski definition) is 4. The van der Waals surface area contributed by atoms with Crippen molar-refractivity contribution in [3.8, 4) is 0 Å². The minimum Gasteiger partial charge on any atom is -0.356 e. The molecule has 9 heteroatoms. The number of benzene rings is 1. The molecule has 2 heterocycles. The predicted molar refractivity (Wildman–Crippen MR) is 128 cm³/mol. The maximum absolute atomic E-state index is 13.1. The van der Waals surface area contributed by atoms with Gasteiger partial charge in [0.1, 0.15) is 11.7 Å². The predicted octanol–water partition coefficient (Wildman–Crippen LogP) is 2.90. The Balaban J connectivity index is 1.75. The lowest BCUT2D eigenvalue weighted by Crippen LogP contribution is -2.48. The summed E-state index contributed by atoms with van der Waals surface area (Å²) in [6.07, 6.45) is 1.07. The van der Waals surface area contributed by atoms with E-state index >= 15 is 0 Å². The number of H-pyrrole nitrogens is 1. The van der Waals surface area contributed by atoms with E-state index in [4.69, 9.17) is 11.6 Å². The molecule has 3 atom stereocenters. The molecule has 1 aliphatic rings. The number of ketones is 1. The van der Waals surface area contributed by atoms with Crippen molar-refractivity contribution in [2.45, 2.75) is 46.1 Å². The highest BCUT2D eigenvalue weighted by Gasteiger charge is 2.34. The van der Waals surface area contributed by atoms with Gasteiger partial charge in [-0.1, -0.05) is 26.0 Å². The van der Waals surface area contributed by atoms with Gasteiger partial charge in [0.15, 0.2) is 5.78 Å². The minimum absolute atomic E-state index is 0.0687. The molecular formula is C24H31ClN4O4. The van der Waals surface area contributed by atoms with Crippen molar-refractivity contribution in [2.24, 2.45) is 17.8 Å². The summed E-state index contributed by atoms with van der Waals surface area (Å²) in [5.41, 5.74) is 1.96. The van der Waals surface area contributed by atoms with Gasteiger partial charge in [-0.05, 0) is 49.8 Å². The van der Waals surface area contributed by atoms with Crippen molar-refractivity contribution < 1.29 is 19.2 Å². The second-order valence-corrected chi connectivity index (χ2v) is 9.33. The largest absolute Gasteiger partial charge is 0.356 e. The zero-order chi connectivity index (χ0) is 24.1. The first-order valence-corrected chi connectivity index (χ1v) is 11.8. The van der Waals surface area contributed by atoms with E-state index in [-0.39, 0.29) is 35.8 Å². The van der Waals surface area contributed by atoms with E-state index in [1.54, 1.807) is 0 Å². The SMILES string of the molecule is Cc1cccc2[nH]c(NC(=O)[C@@H](CC(C)C)C(=O)N[C@@H](C[C@@H]3CCNC3=O)C(=O)CCl)cc12. The first-order chi connectivity index (χ1) is 15.7. The average Bonchev–Trinajstić information content (AvgIpc) is 3.37. The second kappa shape index (κ2) is 10.8. The smallest absolute Gasteiger partial charge is 0.238 e. The molecule has 33 heavy (non-hydrogen) atoms. The fourth-order valence-electron chi connectivity index (χ4n) is 4.19. The van der Waals surface area contributed by atoms with Crippen LogP contribution in [0.15, 0.2) is 24.3 Å². The Labute approximate surface area is 198 Å². The van der Waals surface area contributed by atoms with E-state index in [9.17, 15) is 19.2 Å². The van der Waals surface area contributed by atoms with E-state index in [1.165, 1.54) is 0 Å². The monoisotopic (exact) mass is 474 g/mol. The number of nitrogens with one attached hydrogen (secondary N) is 4. The van der Waals surface area contributed by atoms with E-state index in [0.29, 0.717) is 25.2 Å². The number of aromatic amines is 1. The molecule has 1 aromatic heterocycles. The number of aryl methyl sites for hydroxylation is 1. The number of fused-ring (bicyclic) bond motifs is 1. The van der Waals surface area contributed by atoms with Crippen LogP contribution in [0.2, 0.25) is 0 Å². The average molecular weight is 475 g/mol. The lowest BCUT2D eigenvalue weighted by Gasteiger charge is -2.23. The molecule has 1 fully saturated rings. The molecule has 1 saturated heterocycles. The highest BCUT2D eigenvalue weighted by Crippen LogP contribution is 2.24. The molecule has 8 nitrogen and oxygen atoms in total. The Morgan fingerprint density at radius 2 is 1.97 bits per heavy atom. The maximum atomic E-state index is 13.1. The summed E-state index contributed by atoms with van der Waals surface area (Å²) in [6.45, 7) is 6.37. The number of amides is 3. The van der Waals surface area contributed by atoms with Crippen LogP contribution in [0.1, 0.15) is 38.7 Å². The summed E-state index contributed by atoms with van der Waals surface area (Å²) in [5.74, 6) is -2.59. The summed E-state index contributed by atoms with van der Waals surface area (Å²) in [5, 5.41) is 9.23. The number of halogens is 1. The lowest BCUT2D eigenvalue weighted by molar-refractivity contribution is -0.136. The third-order valence-corrected chi connectivity index (χ3v) is 6.26. The molecule has 0 aliphatic carbocycles. The molecule has 3 rings (SSSR count). The first kappa shape index (κ1) is 24.8. The van der Waals surface area contributed by atoms with Crippen LogP contribution in [0.25, 0.3) is 10.9 Å². The van der Waals surface area contributed by atoms with Gasteiger partial charge in [-0.25, -0.2) is 0 Å². The van der Waals surface area contributed by atoms with Gasteiger partial charge in [-0.3, -0.25) is 19.2 Å². The fourth-order valence-corrected chi connectivity index (χ4v) is 4.38. The summed E-state index contributed by atoms with van der Waals surface area (Å²) in [4.78, 5) is 53.8. The number of rotatable bonds is 10. The molecule has 1 aliphatic heterocycles. The van der Waals surface area contributed by atoms with E-state index in [2.05, 4.69) is 20.9 Å². The number of anilines is 1. The van der Waals surface area contributed by atoms with Crippen LogP contribution in [-0.4, -0.2) is 47.0 Å². The third-order valence-electron chi connectivity index (χ3n) is 6.00. The Morgan fingerprint density at radius 1 is 1.21 bits per heavy atom. The topological polar surface area (TPSA) is 120 Å². The molecule has 1 aromatic carbocycles. The molecule has 4 N–H and O–H groups in total. The van der Waals surface area contributed by atoms with Crippen LogP contribution < -0.4 is 16.0 Å². The lowest BCUT2D eigenvalue weighted by atomic mass is 9.92. The van der Waals surface area contributed by atoms with E-state index < -0.39 is 23.8 Å². The van der Waals surface area contributed by atoms with Gasteiger partial charge in [0, 0.05) is 23.4 Å². The molecule has 0 spiro atoms. The third kappa shape index (κ3) is 6.13. The Morgan fingerprint density at radius 3 is 2.58 bits per heavy atom. The first-order valence-electron chi connectivity index (χ1n) is 11.3. The second-order valence-electron chi connectivity index (χ2n) is 9.06. The van der Waals surface area contributed by atoms with Gasteiger partial charge in [0.2, 0.25) is 17.7 Å². The van der Waals surface area contributed by atoms with Gasteiger partial charge in [-0.2, -0.15) is 0 Å². The van der Waals surface area contributed by atoms with Crippen LogP contribution in [0.4, 0.5) is 5.82 Å². The molecular weight excluding hydrogens is 444 g/mol. The number of carbonyl (C=O) groups excluding carboxylic acids is 4.